The molecule has 0 saturated carbocycles. The molecule has 1 aliphatic rings. The van der Waals surface area contributed by atoms with Gasteiger partial charge >= 0.3 is 0 Å². The average Bonchev–Trinajstić information content (AvgIpc) is 3.30. The first-order valence-electron chi connectivity index (χ1n) is 10.0. The van der Waals surface area contributed by atoms with E-state index in [1.54, 1.807) is 63.8 Å². The van der Waals surface area contributed by atoms with E-state index < -0.39 is 16.1 Å². The van der Waals surface area contributed by atoms with Gasteiger partial charge in [0.2, 0.25) is 0 Å². The molecular formula is C24H24N2O5S. The number of ether oxygens (including phenoxy) is 3. The molecule has 0 amide bonds. The quantitative estimate of drug-likeness (QED) is 0.536. The molecular weight excluding hydrogens is 428 g/mol. The summed E-state index contributed by atoms with van der Waals surface area (Å²) >= 11 is 0. The van der Waals surface area contributed by atoms with Crippen molar-refractivity contribution in [2.24, 2.45) is 5.10 Å². The molecule has 0 N–H and O–H groups in total. The van der Waals surface area contributed by atoms with E-state index in [-0.39, 0.29) is 4.90 Å². The second kappa shape index (κ2) is 8.92. The molecule has 7 nitrogen and oxygen atoms in total. The number of hydrazone groups is 1. The number of hydrogen-bond acceptors (Lipinski definition) is 6. The Bertz CT molecular complexity index is 1240. The standard InChI is InChI=1S/C24H24N2O5S/c1-29-22-12-8-7-11-19(22)21-16-20(17-13-14-23(30-2)24(15-17)31-3)25-26(21)32(27,28)18-9-5-4-6-10-18/h4-15,21H,16H2,1-3H3/t21-/m1/s1. The van der Waals surface area contributed by atoms with Gasteiger partial charge in [0.1, 0.15) is 5.75 Å². The highest BCUT2D eigenvalue weighted by Crippen LogP contribution is 2.41. The lowest BCUT2D eigenvalue weighted by Crippen LogP contribution is -2.27. The third-order valence-electron chi connectivity index (χ3n) is 5.37. The van der Waals surface area contributed by atoms with Crippen LogP contribution in [0, 0.1) is 0 Å². The minimum absolute atomic E-state index is 0.178. The van der Waals surface area contributed by atoms with Crippen LogP contribution in [0.2, 0.25) is 0 Å². The number of para-hydroxylation sites is 1. The smallest absolute Gasteiger partial charge is 0.279 e. The van der Waals surface area contributed by atoms with E-state index in [1.165, 1.54) is 4.41 Å². The molecule has 0 aromatic heterocycles. The highest BCUT2D eigenvalue weighted by atomic mass is 32.2. The summed E-state index contributed by atoms with van der Waals surface area (Å²) in [7, 11) is 0.797. The zero-order valence-electron chi connectivity index (χ0n) is 18.1. The van der Waals surface area contributed by atoms with Crippen LogP contribution >= 0.6 is 0 Å². The van der Waals surface area contributed by atoms with E-state index in [4.69, 9.17) is 14.2 Å². The highest BCUT2D eigenvalue weighted by Gasteiger charge is 2.39. The van der Waals surface area contributed by atoms with Gasteiger partial charge < -0.3 is 14.2 Å². The average molecular weight is 453 g/mol. The molecule has 4 rings (SSSR count). The molecule has 32 heavy (non-hydrogen) atoms. The lowest BCUT2D eigenvalue weighted by molar-refractivity contribution is 0.350. The second-order valence-corrected chi connectivity index (χ2v) is 8.96. The van der Waals surface area contributed by atoms with Gasteiger partial charge in [-0.15, -0.1) is 0 Å². The summed E-state index contributed by atoms with van der Waals surface area (Å²) in [5.74, 6) is 1.74. The van der Waals surface area contributed by atoms with Gasteiger partial charge in [-0.3, -0.25) is 0 Å². The van der Waals surface area contributed by atoms with Gasteiger partial charge in [0.05, 0.1) is 38.0 Å². The second-order valence-electron chi connectivity index (χ2n) is 7.17. The number of nitrogens with zero attached hydrogens (tertiary/aromatic N) is 2. The number of methoxy groups -OCH3 is 3. The molecule has 0 saturated heterocycles. The predicted octanol–water partition coefficient (Wildman–Crippen LogP) is 4.25. The maximum atomic E-state index is 13.6. The molecule has 1 atom stereocenters. The van der Waals surface area contributed by atoms with Crippen molar-refractivity contribution in [2.75, 3.05) is 21.3 Å². The summed E-state index contributed by atoms with van der Waals surface area (Å²) in [6, 6.07) is 20.6. The van der Waals surface area contributed by atoms with E-state index in [0.717, 1.165) is 11.1 Å². The Labute approximate surface area is 187 Å². The maximum absolute atomic E-state index is 13.6. The zero-order chi connectivity index (χ0) is 22.7. The van der Waals surface area contributed by atoms with Crippen LogP contribution in [0.25, 0.3) is 0 Å². The van der Waals surface area contributed by atoms with Crippen LogP contribution in [-0.2, 0) is 10.0 Å². The van der Waals surface area contributed by atoms with E-state index >= 15 is 0 Å². The fourth-order valence-corrected chi connectivity index (χ4v) is 5.22. The molecule has 8 heteroatoms. The molecule has 0 spiro atoms. The Kier molecular flexibility index (Phi) is 6.05. The molecule has 3 aromatic carbocycles. The fraction of sp³-hybridized carbons (Fsp3) is 0.208. The third-order valence-corrected chi connectivity index (χ3v) is 7.07. The number of hydrogen-bond donors (Lipinski definition) is 0. The molecule has 1 aliphatic heterocycles. The number of rotatable bonds is 7. The van der Waals surface area contributed by atoms with Crippen LogP contribution < -0.4 is 14.2 Å². The van der Waals surface area contributed by atoms with Crippen molar-refractivity contribution >= 4 is 15.7 Å². The molecule has 3 aromatic rings. The minimum atomic E-state index is -3.90. The van der Waals surface area contributed by atoms with Crippen molar-refractivity contribution in [1.82, 2.24) is 4.41 Å². The summed E-state index contributed by atoms with van der Waals surface area (Å²) in [4.78, 5) is 0.178. The van der Waals surface area contributed by atoms with Crippen LogP contribution in [-0.4, -0.2) is 39.9 Å². The number of benzene rings is 3. The Morgan fingerprint density at radius 3 is 2.16 bits per heavy atom. The molecule has 0 bridgehead atoms. The number of sulfonamides is 1. The van der Waals surface area contributed by atoms with Crippen molar-refractivity contribution in [3.63, 3.8) is 0 Å². The van der Waals surface area contributed by atoms with Crippen molar-refractivity contribution in [2.45, 2.75) is 17.4 Å². The fourth-order valence-electron chi connectivity index (χ4n) is 3.77. The lowest BCUT2D eigenvalue weighted by Gasteiger charge is -2.24. The summed E-state index contributed by atoms with van der Waals surface area (Å²) in [5.41, 5.74) is 2.13. The molecule has 0 aliphatic carbocycles. The van der Waals surface area contributed by atoms with Crippen LogP contribution in [0.4, 0.5) is 0 Å². The maximum Gasteiger partial charge on any atom is 0.279 e. The normalized spacial score (nSPS) is 15.9. The minimum Gasteiger partial charge on any atom is -0.496 e. The lowest BCUT2D eigenvalue weighted by atomic mass is 9.98. The van der Waals surface area contributed by atoms with Gasteiger partial charge in [-0.25, -0.2) is 0 Å². The van der Waals surface area contributed by atoms with Gasteiger partial charge in [-0.1, -0.05) is 36.4 Å². The molecule has 0 fully saturated rings. The predicted molar refractivity (Wildman–Crippen MR) is 122 cm³/mol. The molecule has 0 unspecified atom stereocenters. The van der Waals surface area contributed by atoms with E-state index in [1.807, 2.05) is 30.3 Å². The summed E-state index contributed by atoms with van der Waals surface area (Å²) < 4.78 is 44.5. The van der Waals surface area contributed by atoms with E-state index in [2.05, 4.69) is 5.10 Å². The van der Waals surface area contributed by atoms with Gasteiger partial charge in [0, 0.05) is 17.5 Å². The monoisotopic (exact) mass is 452 g/mol. The van der Waals surface area contributed by atoms with Gasteiger partial charge in [0.25, 0.3) is 10.0 Å². The van der Waals surface area contributed by atoms with Crippen molar-refractivity contribution < 1.29 is 22.6 Å². The van der Waals surface area contributed by atoms with Crippen LogP contribution in [0.3, 0.4) is 0 Å². The first-order chi connectivity index (χ1) is 15.5. The Morgan fingerprint density at radius 2 is 1.47 bits per heavy atom. The molecule has 1 heterocycles. The van der Waals surface area contributed by atoms with Gasteiger partial charge in [-0.2, -0.15) is 17.9 Å². The topological polar surface area (TPSA) is 77.4 Å². The van der Waals surface area contributed by atoms with Crippen LogP contribution in [0.5, 0.6) is 17.2 Å². The summed E-state index contributed by atoms with van der Waals surface area (Å²) in [6.45, 7) is 0. The van der Waals surface area contributed by atoms with Crippen LogP contribution in [0.1, 0.15) is 23.6 Å². The van der Waals surface area contributed by atoms with Crippen molar-refractivity contribution in [1.29, 1.82) is 0 Å². The Hall–Kier alpha value is -3.52. The first-order valence-corrected chi connectivity index (χ1v) is 11.5. The largest absolute Gasteiger partial charge is 0.496 e. The zero-order valence-corrected chi connectivity index (χ0v) is 18.9. The Balaban J connectivity index is 1.83. The SMILES string of the molecule is COc1ccc(C2=NN(S(=O)(=O)c3ccccc3)[C@@H](c3ccccc3OC)C2)cc1OC. The van der Waals surface area contributed by atoms with E-state index in [9.17, 15) is 8.42 Å². The van der Waals surface area contributed by atoms with Crippen molar-refractivity contribution in [3.8, 4) is 17.2 Å². The van der Waals surface area contributed by atoms with E-state index in [0.29, 0.717) is 29.4 Å². The first kappa shape index (κ1) is 21.7. The Morgan fingerprint density at radius 1 is 0.812 bits per heavy atom. The summed E-state index contributed by atoms with van der Waals surface area (Å²) in [5, 5.41) is 4.58. The molecule has 166 valence electrons. The summed E-state index contributed by atoms with van der Waals surface area (Å²) in [6.07, 6.45) is 0.377. The third kappa shape index (κ3) is 3.89. The highest BCUT2D eigenvalue weighted by molar-refractivity contribution is 7.89. The van der Waals surface area contributed by atoms with Gasteiger partial charge in [0.15, 0.2) is 11.5 Å². The van der Waals surface area contributed by atoms with Gasteiger partial charge in [-0.05, 0) is 36.4 Å². The molecule has 0 radical (unpaired) electrons. The van der Waals surface area contributed by atoms with Crippen LogP contribution in [0.15, 0.2) is 82.8 Å². The van der Waals surface area contributed by atoms with Crippen molar-refractivity contribution in [3.05, 3.63) is 83.9 Å².